The predicted octanol–water partition coefficient (Wildman–Crippen LogP) is 1.24. The molecule has 0 radical (unpaired) electrons. The van der Waals surface area contributed by atoms with Gasteiger partial charge >= 0.3 is 0 Å². The van der Waals surface area contributed by atoms with Gasteiger partial charge in [-0.1, -0.05) is 0 Å². The zero-order valence-corrected chi connectivity index (χ0v) is 13.9. The molecule has 1 amide bonds. The van der Waals surface area contributed by atoms with Crippen LogP contribution in [0.3, 0.4) is 0 Å². The van der Waals surface area contributed by atoms with Gasteiger partial charge in [0.1, 0.15) is 6.54 Å². The number of carbonyl (C=O) groups excluding carboxylic acids is 1. The fourth-order valence-corrected chi connectivity index (χ4v) is 2.65. The van der Waals surface area contributed by atoms with Crippen molar-refractivity contribution in [1.29, 1.82) is 0 Å². The average Bonchev–Trinajstić information content (AvgIpc) is 2.37. The first kappa shape index (κ1) is 17.2. The van der Waals surface area contributed by atoms with Crippen LogP contribution < -0.4 is 10.9 Å². The number of piperazine rings is 1. The third kappa shape index (κ3) is 3.84. The second-order valence-corrected chi connectivity index (χ2v) is 5.80. The highest BCUT2D eigenvalue weighted by molar-refractivity contribution is 9.10. The van der Waals surface area contributed by atoms with Crippen molar-refractivity contribution in [3.63, 3.8) is 0 Å². The van der Waals surface area contributed by atoms with E-state index < -0.39 is 0 Å². The Kier molecular flexibility index (Phi) is 6.23. The lowest BCUT2D eigenvalue weighted by Crippen LogP contribution is -2.58. The highest BCUT2D eigenvalue weighted by Crippen LogP contribution is 2.10. The van der Waals surface area contributed by atoms with Gasteiger partial charge in [-0.05, 0) is 35.8 Å². The molecule has 20 heavy (non-hydrogen) atoms. The number of nitrogens with zero attached hydrogens (tertiary/aromatic N) is 2. The van der Waals surface area contributed by atoms with Gasteiger partial charge < -0.3 is 14.8 Å². The fraction of sp³-hybridized carbons (Fsp3) is 0.538. The van der Waals surface area contributed by atoms with E-state index in [2.05, 4.69) is 28.2 Å². The Balaban J connectivity index is 0.00000200. The Morgan fingerprint density at radius 1 is 1.45 bits per heavy atom. The van der Waals surface area contributed by atoms with Crippen LogP contribution in [0, 0.1) is 0 Å². The summed E-state index contributed by atoms with van der Waals surface area (Å²) in [5.74, 6) is -0.0129. The van der Waals surface area contributed by atoms with Crippen LogP contribution in [-0.4, -0.2) is 40.5 Å². The Morgan fingerprint density at radius 3 is 2.85 bits per heavy atom. The molecule has 1 fully saturated rings. The van der Waals surface area contributed by atoms with Crippen molar-refractivity contribution < 1.29 is 4.79 Å². The summed E-state index contributed by atoms with van der Waals surface area (Å²) in [7, 11) is 0. The average molecular weight is 365 g/mol. The van der Waals surface area contributed by atoms with Gasteiger partial charge in [-0.3, -0.25) is 9.59 Å². The molecule has 0 bridgehead atoms. The maximum absolute atomic E-state index is 12.3. The van der Waals surface area contributed by atoms with Crippen LogP contribution in [0.5, 0.6) is 0 Å². The zero-order valence-electron chi connectivity index (χ0n) is 11.5. The van der Waals surface area contributed by atoms with E-state index in [1.54, 1.807) is 12.3 Å². The molecule has 112 valence electrons. The van der Waals surface area contributed by atoms with Gasteiger partial charge in [0.2, 0.25) is 5.91 Å². The Morgan fingerprint density at radius 2 is 2.15 bits per heavy atom. The largest absolute Gasteiger partial charge is 0.336 e. The number of pyridine rings is 1. The van der Waals surface area contributed by atoms with E-state index in [9.17, 15) is 9.59 Å². The minimum absolute atomic E-state index is 0. The lowest BCUT2D eigenvalue weighted by molar-refractivity contribution is -0.135. The van der Waals surface area contributed by atoms with E-state index in [-0.39, 0.29) is 42.5 Å². The summed E-state index contributed by atoms with van der Waals surface area (Å²) < 4.78 is 2.23. The van der Waals surface area contributed by atoms with Crippen molar-refractivity contribution in [2.24, 2.45) is 0 Å². The summed E-state index contributed by atoms with van der Waals surface area (Å²) >= 11 is 3.31. The van der Waals surface area contributed by atoms with Gasteiger partial charge in [0.25, 0.3) is 5.56 Å². The van der Waals surface area contributed by atoms with Gasteiger partial charge in [-0.2, -0.15) is 0 Å². The minimum atomic E-state index is -0.160. The van der Waals surface area contributed by atoms with Crippen molar-refractivity contribution in [1.82, 2.24) is 14.8 Å². The normalized spacial score (nSPS) is 22.2. The molecule has 1 aromatic heterocycles. The Labute approximate surface area is 132 Å². The second-order valence-electron chi connectivity index (χ2n) is 4.88. The van der Waals surface area contributed by atoms with Crippen LogP contribution in [0.25, 0.3) is 0 Å². The molecule has 1 aliphatic heterocycles. The van der Waals surface area contributed by atoms with Crippen LogP contribution in [-0.2, 0) is 11.3 Å². The first-order chi connectivity index (χ1) is 8.99. The molecular formula is C13H19BrClN3O2. The lowest BCUT2D eigenvalue weighted by Gasteiger charge is -2.38. The summed E-state index contributed by atoms with van der Waals surface area (Å²) in [6.07, 6.45) is 1.65. The SMILES string of the molecule is CC1NCCN(C(=O)Cn2cc(Br)ccc2=O)C1C.Cl. The number of hydrogen-bond donors (Lipinski definition) is 1. The zero-order chi connectivity index (χ0) is 14.0. The standard InChI is InChI=1S/C13H18BrN3O2.ClH/c1-9-10(2)17(6-5-15-9)13(19)8-16-7-11(14)3-4-12(16)18;/h3-4,7,9-10,15H,5-6,8H2,1-2H3;1H. The van der Waals surface area contributed by atoms with E-state index in [1.165, 1.54) is 10.6 Å². The molecule has 2 atom stereocenters. The lowest BCUT2D eigenvalue weighted by atomic mass is 10.1. The summed E-state index contributed by atoms with van der Waals surface area (Å²) in [6.45, 7) is 5.67. The molecule has 0 aliphatic carbocycles. The van der Waals surface area contributed by atoms with Gasteiger partial charge in [0.15, 0.2) is 0 Å². The molecule has 0 aromatic carbocycles. The van der Waals surface area contributed by atoms with E-state index in [0.29, 0.717) is 6.54 Å². The quantitative estimate of drug-likeness (QED) is 0.859. The molecule has 0 saturated carbocycles. The Bertz CT molecular complexity index is 535. The highest BCUT2D eigenvalue weighted by atomic mass is 79.9. The molecule has 1 saturated heterocycles. The summed E-state index contributed by atoms with van der Waals surface area (Å²) in [5, 5.41) is 3.33. The molecule has 2 heterocycles. The van der Waals surface area contributed by atoms with E-state index in [1.807, 2.05) is 11.8 Å². The molecule has 1 N–H and O–H groups in total. The number of hydrogen-bond acceptors (Lipinski definition) is 3. The van der Waals surface area contributed by atoms with Gasteiger partial charge in [0, 0.05) is 41.9 Å². The molecule has 1 aromatic rings. The second kappa shape index (κ2) is 7.24. The van der Waals surface area contributed by atoms with Crippen molar-refractivity contribution in [2.75, 3.05) is 13.1 Å². The number of rotatable bonds is 2. The highest BCUT2D eigenvalue weighted by Gasteiger charge is 2.27. The fourth-order valence-electron chi connectivity index (χ4n) is 2.27. The summed E-state index contributed by atoms with van der Waals surface area (Å²) in [6, 6.07) is 3.56. The van der Waals surface area contributed by atoms with E-state index in [0.717, 1.165) is 11.0 Å². The predicted molar refractivity (Wildman–Crippen MR) is 84.3 cm³/mol. The van der Waals surface area contributed by atoms with E-state index in [4.69, 9.17) is 0 Å². The van der Waals surface area contributed by atoms with Crippen molar-refractivity contribution in [3.8, 4) is 0 Å². The smallest absolute Gasteiger partial charge is 0.251 e. The summed E-state index contributed by atoms with van der Waals surface area (Å²) in [4.78, 5) is 25.8. The molecule has 7 heteroatoms. The molecular weight excluding hydrogens is 346 g/mol. The third-order valence-electron chi connectivity index (χ3n) is 3.61. The van der Waals surface area contributed by atoms with E-state index >= 15 is 0 Å². The van der Waals surface area contributed by atoms with Gasteiger partial charge in [0.05, 0.1) is 0 Å². The monoisotopic (exact) mass is 363 g/mol. The molecule has 5 nitrogen and oxygen atoms in total. The van der Waals surface area contributed by atoms with Crippen molar-refractivity contribution in [2.45, 2.75) is 32.5 Å². The molecule has 1 aliphatic rings. The van der Waals surface area contributed by atoms with Crippen molar-refractivity contribution in [3.05, 3.63) is 33.2 Å². The number of carbonyl (C=O) groups is 1. The minimum Gasteiger partial charge on any atom is -0.336 e. The first-order valence-corrected chi connectivity index (χ1v) is 7.17. The third-order valence-corrected chi connectivity index (χ3v) is 4.08. The number of nitrogens with one attached hydrogen (secondary N) is 1. The maximum Gasteiger partial charge on any atom is 0.251 e. The van der Waals surface area contributed by atoms with Gasteiger partial charge in [-0.25, -0.2) is 0 Å². The first-order valence-electron chi connectivity index (χ1n) is 6.38. The van der Waals surface area contributed by atoms with Crippen LogP contribution >= 0.6 is 28.3 Å². The summed E-state index contributed by atoms with van der Waals surface area (Å²) in [5.41, 5.74) is -0.160. The van der Waals surface area contributed by atoms with Gasteiger partial charge in [-0.15, -0.1) is 12.4 Å². The molecule has 0 spiro atoms. The van der Waals surface area contributed by atoms with Crippen molar-refractivity contribution >= 4 is 34.2 Å². The number of halogens is 2. The topological polar surface area (TPSA) is 54.3 Å². The molecule has 2 rings (SSSR count). The van der Waals surface area contributed by atoms with Crippen LogP contribution in [0.2, 0.25) is 0 Å². The van der Waals surface area contributed by atoms with Crippen LogP contribution in [0.4, 0.5) is 0 Å². The number of amides is 1. The Hall–Kier alpha value is -0.850. The number of aromatic nitrogens is 1. The maximum atomic E-state index is 12.3. The van der Waals surface area contributed by atoms with Crippen LogP contribution in [0.15, 0.2) is 27.6 Å². The molecule has 2 unspecified atom stereocenters. The van der Waals surface area contributed by atoms with Crippen LogP contribution in [0.1, 0.15) is 13.8 Å².